The molecular weight excluding hydrogens is 412 g/mol. The number of aromatic nitrogens is 4. The first-order valence-corrected chi connectivity index (χ1v) is 9.66. The molecule has 142 valence electrons. The number of fused-ring (bicyclic) bond motifs is 1. The first-order chi connectivity index (χ1) is 13.1. The zero-order valence-electron chi connectivity index (χ0n) is 15.1. The molecule has 0 atom stereocenters. The van der Waals surface area contributed by atoms with Gasteiger partial charge in [0.25, 0.3) is 5.91 Å². The zero-order chi connectivity index (χ0) is 18.8. The van der Waals surface area contributed by atoms with Crippen LogP contribution in [-0.4, -0.2) is 69.4 Å². The van der Waals surface area contributed by atoms with Crippen molar-refractivity contribution in [2.24, 2.45) is 7.05 Å². The molecule has 0 unspecified atom stereocenters. The molecule has 0 bridgehead atoms. The largest absolute Gasteiger partial charge is 0.379 e. The standard InChI is InChI=1S/C18H21BrN6O2/c1-23-16(15-12-25-11-13(19)2-3-17(25)21-15)10-14(22-23)18(26)20-4-5-24-6-8-27-9-7-24/h2-3,10-12H,4-9H2,1H3,(H,20,26). The Balaban J connectivity index is 1.44. The van der Waals surface area contributed by atoms with Gasteiger partial charge in [0.1, 0.15) is 11.3 Å². The number of nitrogens with zero attached hydrogens (tertiary/aromatic N) is 5. The van der Waals surface area contributed by atoms with Gasteiger partial charge in [-0.3, -0.25) is 14.4 Å². The van der Waals surface area contributed by atoms with E-state index in [1.54, 1.807) is 10.7 Å². The van der Waals surface area contributed by atoms with E-state index in [1.165, 1.54) is 0 Å². The predicted molar refractivity (Wildman–Crippen MR) is 105 cm³/mol. The minimum absolute atomic E-state index is 0.170. The molecule has 8 nitrogen and oxygen atoms in total. The molecule has 27 heavy (non-hydrogen) atoms. The lowest BCUT2D eigenvalue weighted by molar-refractivity contribution is 0.0383. The van der Waals surface area contributed by atoms with Crippen molar-refractivity contribution < 1.29 is 9.53 Å². The van der Waals surface area contributed by atoms with Gasteiger partial charge in [0, 0.05) is 50.1 Å². The first kappa shape index (κ1) is 18.1. The van der Waals surface area contributed by atoms with E-state index < -0.39 is 0 Å². The van der Waals surface area contributed by atoms with E-state index in [0.29, 0.717) is 12.2 Å². The van der Waals surface area contributed by atoms with E-state index in [-0.39, 0.29) is 5.91 Å². The van der Waals surface area contributed by atoms with E-state index >= 15 is 0 Å². The van der Waals surface area contributed by atoms with Gasteiger partial charge in [0.05, 0.1) is 18.9 Å². The molecule has 0 saturated carbocycles. The maximum Gasteiger partial charge on any atom is 0.271 e. The number of carbonyl (C=O) groups is 1. The fraction of sp³-hybridized carbons (Fsp3) is 0.389. The molecule has 1 N–H and O–H groups in total. The number of pyridine rings is 1. The Morgan fingerprint density at radius 1 is 1.30 bits per heavy atom. The second-order valence-electron chi connectivity index (χ2n) is 6.49. The number of morpholine rings is 1. The number of aryl methyl sites for hydroxylation is 1. The molecule has 0 aliphatic carbocycles. The third kappa shape index (κ3) is 4.05. The number of hydrogen-bond acceptors (Lipinski definition) is 5. The number of halogens is 1. The summed E-state index contributed by atoms with van der Waals surface area (Å²) in [7, 11) is 1.82. The van der Waals surface area contributed by atoms with Gasteiger partial charge in [0.2, 0.25) is 0 Å². The average molecular weight is 433 g/mol. The summed E-state index contributed by atoms with van der Waals surface area (Å²) in [5.74, 6) is -0.170. The Hall–Kier alpha value is -2.23. The van der Waals surface area contributed by atoms with Gasteiger partial charge in [-0.25, -0.2) is 4.98 Å². The van der Waals surface area contributed by atoms with Crippen LogP contribution in [0.1, 0.15) is 10.5 Å². The van der Waals surface area contributed by atoms with E-state index in [0.717, 1.165) is 54.4 Å². The van der Waals surface area contributed by atoms with Crippen LogP contribution in [0.15, 0.2) is 35.1 Å². The third-order valence-electron chi connectivity index (χ3n) is 4.61. The lowest BCUT2D eigenvalue weighted by Crippen LogP contribution is -2.41. The highest BCUT2D eigenvalue weighted by Gasteiger charge is 2.16. The van der Waals surface area contributed by atoms with Crippen LogP contribution in [-0.2, 0) is 11.8 Å². The van der Waals surface area contributed by atoms with Gasteiger partial charge in [-0.15, -0.1) is 0 Å². The van der Waals surface area contributed by atoms with Crippen molar-refractivity contribution in [3.63, 3.8) is 0 Å². The normalized spacial score (nSPS) is 15.3. The number of ether oxygens (including phenoxy) is 1. The minimum atomic E-state index is -0.170. The van der Waals surface area contributed by atoms with Crippen LogP contribution in [0.4, 0.5) is 0 Å². The monoisotopic (exact) mass is 432 g/mol. The maximum absolute atomic E-state index is 12.4. The lowest BCUT2D eigenvalue weighted by atomic mass is 10.3. The summed E-state index contributed by atoms with van der Waals surface area (Å²) in [6.07, 6.45) is 3.87. The summed E-state index contributed by atoms with van der Waals surface area (Å²) in [5, 5.41) is 7.30. The lowest BCUT2D eigenvalue weighted by Gasteiger charge is -2.26. The molecule has 4 rings (SSSR count). The topological polar surface area (TPSA) is 76.7 Å². The number of hydrogen-bond donors (Lipinski definition) is 1. The number of amides is 1. The Labute approximate surface area is 165 Å². The highest BCUT2D eigenvalue weighted by molar-refractivity contribution is 9.10. The molecule has 0 aromatic carbocycles. The molecular formula is C18H21BrN6O2. The van der Waals surface area contributed by atoms with Crippen LogP contribution in [0.25, 0.3) is 17.0 Å². The zero-order valence-corrected chi connectivity index (χ0v) is 16.6. The second kappa shape index (κ2) is 7.79. The van der Waals surface area contributed by atoms with Crippen molar-refractivity contribution in [3.8, 4) is 11.4 Å². The molecule has 1 aliphatic rings. The number of nitrogens with one attached hydrogen (secondary N) is 1. The molecule has 3 aromatic rings. The summed E-state index contributed by atoms with van der Waals surface area (Å²) in [6.45, 7) is 4.74. The molecule has 1 saturated heterocycles. The van der Waals surface area contributed by atoms with Gasteiger partial charge in [-0.1, -0.05) is 0 Å². The second-order valence-corrected chi connectivity index (χ2v) is 7.40. The van der Waals surface area contributed by atoms with Gasteiger partial charge in [-0.05, 0) is 34.1 Å². The average Bonchev–Trinajstić information content (AvgIpc) is 3.25. The van der Waals surface area contributed by atoms with Crippen molar-refractivity contribution >= 4 is 27.5 Å². The van der Waals surface area contributed by atoms with Crippen LogP contribution >= 0.6 is 15.9 Å². The van der Waals surface area contributed by atoms with Crippen LogP contribution in [0.3, 0.4) is 0 Å². The third-order valence-corrected chi connectivity index (χ3v) is 5.08. The van der Waals surface area contributed by atoms with Gasteiger partial charge in [0.15, 0.2) is 5.69 Å². The van der Waals surface area contributed by atoms with E-state index in [9.17, 15) is 4.79 Å². The van der Waals surface area contributed by atoms with Crippen LogP contribution in [0.2, 0.25) is 0 Å². The molecule has 1 fully saturated rings. The predicted octanol–water partition coefficient (Wildman–Crippen LogP) is 1.56. The SMILES string of the molecule is Cn1nc(C(=O)NCCN2CCOCC2)cc1-c1cn2cc(Br)ccc2n1. The summed E-state index contributed by atoms with van der Waals surface area (Å²) >= 11 is 3.46. The van der Waals surface area contributed by atoms with Crippen LogP contribution in [0, 0.1) is 0 Å². The van der Waals surface area contributed by atoms with Crippen LogP contribution < -0.4 is 5.32 Å². The molecule has 9 heteroatoms. The van der Waals surface area contributed by atoms with Gasteiger partial charge < -0.3 is 14.5 Å². The van der Waals surface area contributed by atoms with Gasteiger partial charge >= 0.3 is 0 Å². The van der Waals surface area contributed by atoms with E-state index in [2.05, 4.69) is 36.2 Å². The summed E-state index contributed by atoms with van der Waals surface area (Å²) in [6, 6.07) is 5.66. The Morgan fingerprint density at radius 3 is 2.93 bits per heavy atom. The van der Waals surface area contributed by atoms with Crippen molar-refractivity contribution in [3.05, 3.63) is 40.8 Å². The molecule has 1 amide bonds. The quantitative estimate of drug-likeness (QED) is 0.661. The Kier molecular flexibility index (Phi) is 5.24. The van der Waals surface area contributed by atoms with Crippen molar-refractivity contribution in [2.45, 2.75) is 0 Å². The number of carbonyl (C=O) groups excluding carboxylic acids is 1. The number of rotatable bonds is 5. The number of imidazole rings is 1. The Morgan fingerprint density at radius 2 is 2.11 bits per heavy atom. The fourth-order valence-corrected chi connectivity index (χ4v) is 3.50. The molecule has 3 aromatic heterocycles. The minimum Gasteiger partial charge on any atom is -0.379 e. The fourth-order valence-electron chi connectivity index (χ4n) is 3.15. The highest BCUT2D eigenvalue weighted by atomic mass is 79.9. The van der Waals surface area contributed by atoms with Crippen LogP contribution in [0.5, 0.6) is 0 Å². The van der Waals surface area contributed by atoms with E-state index in [1.807, 2.05) is 36.0 Å². The Bertz CT molecular complexity index is 960. The maximum atomic E-state index is 12.4. The van der Waals surface area contributed by atoms with Crippen molar-refractivity contribution in [1.29, 1.82) is 0 Å². The highest BCUT2D eigenvalue weighted by Crippen LogP contribution is 2.21. The molecule has 4 heterocycles. The molecule has 0 spiro atoms. The van der Waals surface area contributed by atoms with Crippen molar-refractivity contribution in [1.82, 2.24) is 29.4 Å². The molecule has 1 aliphatic heterocycles. The molecule has 0 radical (unpaired) electrons. The van der Waals surface area contributed by atoms with E-state index in [4.69, 9.17) is 4.74 Å². The summed E-state index contributed by atoms with van der Waals surface area (Å²) in [5.41, 5.74) is 2.81. The summed E-state index contributed by atoms with van der Waals surface area (Å²) in [4.78, 5) is 19.3. The smallest absolute Gasteiger partial charge is 0.271 e. The summed E-state index contributed by atoms with van der Waals surface area (Å²) < 4.78 is 9.93. The van der Waals surface area contributed by atoms with Gasteiger partial charge in [-0.2, -0.15) is 5.10 Å². The first-order valence-electron chi connectivity index (χ1n) is 8.87. The van der Waals surface area contributed by atoms with Crippen molar-refractivity contribution in [2.75, 3.05) is 39.4 Å².